The first-order valence-corrected chi connectivity index (χ1v) is 6.56. The van der Waals surface area contributed by atoms with Gasteiger partial charge < -0.3 is 15.5 Å². The van der Waals surface area contributed by atoms with Crippen LogP contribution in [0.2, 0.25) is 0 Å². The number of nitrogens with zero attached hydrogens (tertiary/aromatic N) is 1. The lowest BCUT2D eigenvalue weighted by molar-refractivity contribution is -0.137. The van der Waals surface area contributed by atoms with Gasteiger partial charge in [-0.3, -0.25) is 0 Å². The van der Waals surface area contributed by atoms with Gasteiger partial charge in [-0.1, -0.05) is 0 Å². The molecular weight excluding hydrogens is 287 g/mol. The van der Waals surface area contributed by atoms with Crippen molar-refractivity contribution in [2.24, 2.45) is 0 Å². The van der Waals surface area contributed by atoms with Crippen LogP contribution >= 0.6 is 12.2 Å². The van der Waals surface area contributed by atoms with Gasteiger partial charge in [0.15, 0.2) is 5.11 Å². The number of hydrogen-bond acceptors (Lipinski definition) is 2. The normalized spacial score (nSPS) is 11.5. The number of nitrogens with one attached hydrogen (secondary N) is 2. The van der Waals surface area contributed by atoms with Crippen LogP contribution in [0.1, 0.15) is 12.0 Å². The highest BCUT2D eigenvalue weighted by molar-refractivity contribution is 7.80. The Morgan fingerprint density at radius 2 is 1.80 bits per heavy atom. The summed E-state index contributed by atoms with van der Waals surface area (Å²) in [5, 5.41) is 6.26. The van der Waals surface area contributed by atoms with Gasteiger partial charge in [-0.15, -0.1) is 0 Å². The van der Waals surface area contributed by atoms with Crippen LogP contribution in [-0.4, -0.2) is 37.2 Å². The third kappa shape index (κ3) is 6.21. The van der Waals surface area contributed by atoms with Gasteiger partial charge in [-0.05, 0) is 63.5 Å². The maximum atomic E-state index is 12.4. The van der Waals surface area contributed by atoms with Gasteiger partial charge in [0.1, 0.15) is 0 Å². The van der Waals surface area contributed by atoms with Crippen LogP contribution in [0.3, 0.4) is 0 Å². The second kappa shape index (κ2) is 7.44. The lowest BCUT2D eigenvalue weighted by atomic mass is 10.2. The largest absolute Gasteiger partial charge is 0.416 e. The van der Waals surface area contributed by atoms with Gasteiger partial charge in [-0.2, -0.15) is 13.2 Å². The Morgan fingerprint density at radius 1 is 1.20 bits per heavy atom. The zero-order valence-electron chi connectivity index (χ0n) is 11.4. The Kier molecular flexibility index (Phi) is 6.22. The van der Waals surface area contributed by atoms with E-state index in [1.165, 1.54) is 12.1 Å². The highest BCUT2D eigenvalue weighted by Crippen LogP contribution is 2.29. The number of benzene rings is 1. The second-order valence-corrected chi connectivity index (χ2v) is 5.02. The van der Waals surface area contributed by atoms with E-state index in [1.54, 1.807) is 0 Å². The Balaban J connectivity index is 2.39. The molecule has 0 unspecified atom stereocenters. The average molecular weight is 305 g/mol. The van der Waals surface area contributed by atoms with E-state index in [-0.39, 0.29) is 0 Å². The van der Waals surface area contributed by atoms with Gasteiger partial charge in [0.2, 0.25) is 0 Å². The molecule has 1 rings (SSSR count). The zero-order chi connectivity index (χ0) is 15.2. The Hall–Kier alpha value is -1.34. The fourth-order valence-electron chi connectivity index (χ4n) is 1.52. The monoisotopic (exact) mass is 305 g/mol. The molecule has 0 atom stereocenters. The van der Waals surface area contributed by atoms with Crippen LogP contribution in [0.5, 0.6) is 0 Å². The summed E-state index contributed by atoms with van der Waals surface area (Å²) >= 11 is 5.06. The van der Waals surface area contributed by atoms with Gasteiger partial charge in [0.25, 0.3) is 0 Å². The van der Waals surface area contributed by atoms with E-state index in [1.807, 2.05) is 14.1 Å². The molecule has 0 amide bonds. The van der Waals surface area contributed by atoms with Crippen molar-refractivity contribution >= 4 is 23.0 Å². The standard InChI is InChI=1S/C13H18F3N3S/c1-19(2)9-3-8-17-12(20)18-11-6-4-10(5-7-11)13(14,15)16/h4-7H,3,8-9H2,1-2H3,(H2,17,18,20). The first-order valence-electron chi connectivity index (χ1n) is 6.16. The summed E-state index contributed by atoms with van der Waals surface area (Å²) in [5.74, 6) is 0. The summed E-state index contributed by atoms with van der Waals surface area (Å²) in [6, 6.07) is 4.77. The van der Waals surface area contributed by atoms with E-state index < -0.39 is 11.7 Å². The molecule has 3 nitrogen and oxygen atoms in total. The molecule has 7 heteroatoms. The number of anilines is 1. The Labute approximate surface area is 122 Å². The first kappa shape index (κ1) is 16.7. The Morgan fingerprint density at radius 3 is 2.30 bits per heavy atom. The van der Waals surface area contributed by atoms with Crippen molar-refractivity contribution in [2.45, 2.75) is 12.6 Å². The minimum Gasteiger partial charge on any atom is -0.362 e. The van der Waals surface area contributed by atoms with Crippen molar-refractivity contribution in [3.63, 3.8) is 0 Å². The highest BCUT2D eigenvalue weighted by Gasteiger charge is 2.29. The van der Waals surface area contributed by atoms with Crippen molar-refractivity contribution in [1.29, 1.82) is 0 Å². The summed E-state index contributed by atoms with van der Waals surface area (Å²) in [4.78, 5) is 2.06. The van der Waals surface area contributed by atoms with Crippen LogP contribution in [0.25, 0.3) is 0 Å². The lowest BCUT2D eigenvalue weighted by Gasteiger charge is -2.13. The molecule has 0 aliphatic carbocycles. The average Bonchev–Trinajstić information content (AvgIpc) is 2.34. The van der Waals surface area contributed by atoms with Crippen molar-refractivity contribution in [3.05, 3.63) is 29.8 Å². The third-order valence-corrected chi connectivity index (χ3v) is 2.78. The molecule has 0 fully saturated rings. The molecule has 0 aliphatic rings. The molecule has 0 saturated heterocycles. The van der Waals surface area contributed by atoms with E-state index in [0.29, 0.717) is 17.3 Å². The minimum absolute atomic E-state index is 0.406. The minimum atomic E-state index is -4.32. The van der Waals surface area contributed by atoms with E-state index in [4.69, 9.17) is 12.2 Å². The summed E-state index contributed by atoms with van der Waals surface area (Å²) < 4.78 is 37.2. The van der Waals surface area contributed by atoms with E-state index >= 15 is 0 Å². The topological polar surface area (TPSA) is 27.3 Å². The van der Waals surface area contributed by atoms with Crippen LogP contribution in [0, 0.1) is 0 Å². The zero-order valence-corrected chi connectivity index (χ0v) is 12.2. The maximum absolute atomic E-state index is 12.4. The number of hydrogen-bond donors (Lipinski definition) is 2. The fourth-order valence-corrected chi connectivity index (χ4v) is 1.73. The molecule has 112 valence electrons. The molecule has 20 heavy (non-hydrogen) atoms. The van der Waals surface area contributed by atoms with Crippen LogP contribution in [-0.2, 0) is 6.18 Å². The van der Waals surface area contributed by atoms with E-state index in [9.17, 15) is 13.2 Å². The van der Waals surface area contributed by atoms with Gasteiger partial charge in [0, 0.05) is 12.2 Å². The van der Waals surface area contributed by atoms with Gasteiger partial charge >= 0.3 is 6.18 Å². The van der Waals surface area contributed by atoms with Crippen LogP contribution in [0.15, 0.2) is 24.3 Å². The number of rotatable bonds is 5. The van der Waals surface area contributed by atoms with Gasteiger partial charge in [0.05, 0.1) is 5.56 Å². The molecule has 1 aromatic carbocycles. The van der Waals surface area contributed by atoms with Crippen LogP contribution in [0.4, 0.5) is 18.9 Å². The van der Waals surface area contributed by atoms with Crippen molar-refractivity contribution < 1.29 is 13.2 Å². The first-order chi connectivity index (χ1) is 9.29. The van der Waals surface area contributed by atoms with Crippen LogP contribution < -0.4 is 10.6 Å². The molecule has 1 aromatic rings. The van der Waals surface area contributed by atoms with Crippen molar-refractivity contribution in [2.75, 3.05) is 32.5 Å². The molecule has 0 bridgehead atoms. The molecule has 0 heterocycles. The molecule has 0 aromatic heterocycles. The summed E-state index contributed by atoms with van der Waals surface area (Å²) in [5.41, 5.74) is -0.143. The highest BCUT2D eigenvalue weighted by atomic mass is 32.1. The molecule has 0 aliphatic heterocycles. The molecule has 0 radical (unpaired) electrons. The second-order valence-electron chi connectivity index (χ2n) is 4.61. The van der Waals surface area contributed by atoms with Crippen molar-refractivity contribution in [3.8, 4) is 0 Å². The SMILES string of the molecule is CN(C)CCCNC(=S)Nc1ccc(C(F)(F)F)cc1. The predicted molar refractivity (Wildman–Crippen MR) is 78.8 cm³/mol. The summed E-state index contributed by atoms with van der Waals surface area (Å²) in [7, 11) is 3.97. The lowest BCUT2D eigenvalue weighted by Crippen LogP contribution is -2.30. The number of halogens is 3. The molecule has 0 saturated carbocycles. The molecule has 0 spiro atoms. The smallest absolute Gasteiger partial charge is 0.362 e. The maximum Gasteiger partial charge on any atom is 0.416 e. The third-order valence-electron chi connectivity index (χ3n) is 2.54. The fraction of sp³-hybridized carbons (Fsp3) is 0.462. The Bertz CT molecular complexity index is 429. The molecule has 2 N–H and O–H groups in total. The summed E-state index contributed by atoms with van der Waals surface area (Å²) in [6.07, 6.45) is -3.38. The van der Waals surface area contributed by atoms with E-state index in [0.717, 1.165) is 25.1 Å². The number of alkyl halides is 3. The number of thiocarbonyl (C=S) groups is 1. The quantitative estimate of drug-likeness (QED) is 0.646. The van der Waals surface area contributed by atoms with Gasteiger partial charge in [-0.25, -0.2) is 0 Å². The van der Waals surface area contributed by atoms with E-state index in [2.05, 4.69) is 15.5 Å². The summed E-state index contributed by atoms with van der Waals surface area (Å²) in [6.45, 7) is 1.65. The molecular formula is C13H18F3N3S. The van der Waals surface area contributed by atoms with Crippen molar-refractivity contribution in [1.82, 2.24) is 10.2 Å². The predicted octanol–water partition coefficient (Wildman–Crippen LogP) is 2.94.